The van der Waals surface area contributed by atoms with Gasteiger partial charge in [-0.3, -0.25) is 0 Å². The molecule has 1 rings (SSSR count). The van der Waals surface area contributed by atoms with E-state index >= 15 is 0 Å². The molecule has 0 saturated carbocycles. The highest BCUT2D eigenvalue weighted by Crippen LogP contribution is 2.39. The summed E-state index contributed by atoms with van der Waals surface area (Å²) in [4.78, 5) is 11.8. The smallest absolute Gasteiger partial charge is 0.339 e. The van der Waals surface area contributed by atoms with E-state index in [1.54, 1.807) is 13.0 Å². The van der Waals surface area contributed by atoms with Crippen molar-refractivity contribution in [2.24, 2.45) is 0 Å². The molecule has 1 aromatic carbocycles. The number of hydrogen-bond acceptors (Lipinski definition) is 4. The van der Waals surface area contributed by atoms with Gasteiger partial charge in [-0.2, -0.15) is 5.26 Å². The fourth-order valence-corrected chi connectivity index (χ4v) is 2.26. The van der Waals surface area contributed by atoms with Crippen molar-refractivity contribution in [1.29, 1.82) is 5.26 Å². The van der Waals surface area contributed by atoms with Gasteiger partial charge in [0.15, 0.2) is 0 Å². The Morgan fingerprint density at radius 2 is 2.00 bits per heavy atom. The van der Waals surface area contributed by atoms with E-state index in [0.29, 0.717) is 16.0 Å². The van der Waals surface area contributed by atoms with E-state index < -0.39 is 11.4 Å². The van der Waals surface area contributed by atoms with E-state index in [4.69, 9.17) is 5.26 Å². The lowest BCUT2D eigenvalue weighted by Crippen LogP contribution is -2.14. The summed E-state index contributed by atoms with van der Waals surface area (Å²) >= 11 is 0.904. The molecule has 1 aromatic rings. The molecule has 2 N–H and O–H groups in total. The van der Waals surface area contributed by atoms with Gasteiger partial charge in [0.05, 0.1) is 0 Å². The molecule has 0 aliphatic rings. The number of benzene rings is 1. The monoisotopic (exact) mass is 265 g/mol. The third-order valence-electron chi connectivity index (χ3n) is 2.69. The number of rotatable bonds is 2. The Kier molecular flexibility index (Phi) is 3.92. The van der Waals surface area contributed by atoms with Crippen LogP contribution in [0.2, 0.25) is 0 Å². The highest BCUT2D eigenvalue weighted by Gasteiger charge is 2.26. The molecule has 0 bridgehead atoms. The maximum Gasteiger partial charge on any atom is 0.339 e. The molecule has 4 nitrogen and oxygen atoms in total. The Morgan fingerprint density at radius 1 is 1.44 bits per heavy atom. The van der Waals surface area contributed by atoms with Gasteiger partial charge in [-0.25, -0.2) is 4.79 Å². The average Bonchev–Trinajstić information content (AvgIpc) is 2.20. The molecule has 0 aliphatic heterocycles. The Labute approximate surface area is 110 Å². The lowest BCUT2D eigenvalue weighted by atomic mass is 9.84. The second kappa shape index (κ2) is 4.91. The third-order valence-corrected chi connectivity index (χ3v) is 3.42. The van der Waals surface area contributed by atoms with Crippen molar-refractivity contribution in [2.45, 2.75) is 38.0 Å². The van der Waals surface area contributed by atoms with Gasteiger partial charge in [0.2, 0.25) is 0 Å². The van der Waals surface area contributed by atoms with E-state index in [0.717, 1.165) is 11.8 Å². The Bertz CT molecular complexity index is 539. The summed E-state index contributed by atoms with van der Waals surface area (Å²) in [6.07, 6.45) is 0. The first-order valence-electron chi connectivity index (χ1n) is 5.36. The number of aromatic hydroxyl groups is 1. The standard InChI is InChI=1S/C13H15NO3S/c1-7-9(18-6-14)5-8(13(2,3)4)11(15)10(7)12(16)17/h5,15H,1-4H3,(H,16,17). The number of hydrogen-bond donors (Lipinski definition) is 2. The molecule has 0 amide bonds. The molecule has 0 spiro atoms. The summed E-state index contributed by atoms with van der Waals surface area (Å²) in [7, 11) is 0. The second-order valence-electron chi connectivity index (χ2n) is 5.02. The molecule has 0 saturated heterocycles. The second-order valence-corrected chi connectivity index (χ2v) is 5.85. The Hall–Kier alpha value is -1.67. The van der Waals surface area contributed by atoms with E-state index in [1.807, 2.05) is 26.2 Å². The highest BCUT2D eigenvalue weighted by atomic mass is 32.2. The van der Waals surface area contributed by atoms with Crippen LogP contribution < -0.4 is 0 Å². The molecule has 0 unspecified atom stereocenters. The van der Waals surface area contributed by atoms with Gasteiger partial charge in [-0.1, -0.05) is 20.8 Å². The van der Waals surface area contributed by atoms with Crippen LogP contribution in [0, 0.1) is 17.6 Å². The quantitative estimate of drug-likeness (QED) is 0.633. The van der Waals surface area contributed by atoms with Crippen LogP contribution in [0.25, 0.3) is 0 Å². The van der Waals surface area contributed by atoms with Crippen molar-refractivity contribution < 1.29 is 15.0 Å². The minimum atomic E-state index is -1.18. The van der Waals surface area contributed by atoms with E-state index in [-0.39, 0.29) is 11.3 Å². The van der Waals surface area contributed by atoms with Gasteiger partial charge < -0.3 is 10.2 Å². The molecule has 0 aromatic heterocycles. The van der Waals surface area contributed by atoms with Crippen LogP contribution in [0.15, 0.2) is 11.0 Å². The van der Waals surface area contributed by atoms with Crippen molar-refractivity contribution in [2.75, 3.05) is 0 Å². The minimum absolute atomic E-state index is 0.125. The van der Waals surface area contributed by atoms with E-state index in [1.165, 1.54) is 0 Å². The minimum Gasteiger partial charge on any atom is -0.507 e. The van der Waals surface area contributed by atoms with Crippen LogP contribution in [-0.2, 0) is 5.41 Å². The van der Waals surface area contributed by atoms with E-state index in [2.05, 4.69) is 0 Å². The predicted molar refractivity (Wildman–Crippen MR) is 70.0 cm³/mol. The number of thiocyanates is 1. The van der Waals surface area contributed by atoms with Crippen molar-refractivity contribution in [1.82, 2.24) is 0 Å². The molecule has 0 atom stereocenters. The van der Waals surface area contributed by atoms with Crippen LogP contribution in [0.4, 0.5) is 0 Å². The summed E-state index contributed by atoms with van der Waals surface area (Å²) < 4.78 is 0. The van der Waals surface area contributed by atoms with Crippen LogP contribution in [0.5, 0.6) is 5.75 Å². The zero-order valence-electron chi connectivity index (χ0n) is 10.7. The van der Waals surface area contributed by atoms with Crippen LogP contribution in [0.1, 0.15) is 42.3 Å². The number of carboxylic acids is 1. The summed E-state index contributed by atoms with van der Waals surface area (Å²) in [5.74, 6) is -1.40. The lowest BCUT2D eigenvalue weighted by molar-refractivity contribution is 0.0692. The average molecular weight is 265 g/mol. The molecule has 0 aliphatic carbocycles. The first kappa shape index (κ1) is 14.4. The largest absolute Gasteiger partial charge is 0.507 e. The molecule has 0 fully saturated rings. The summed E-state index contributed by atoms with van der Waals surface area (Å²) in [5, 5.41) is 29.9. The van der Waals surface area contributed by atoms with Gasteiger partial charge in [-0.15, -0.1) is 0 Å². The number of phenols is 1. The number of nitrogens with zero attached hydrogens (tertiary/aromatic N) is 1. The molecular formula is C13H15NO3S. The van der Waals surface area contributed by atoms with Crippen LogP contribution in [-0.4, -0.2) is 16.2 Å². The number of carboxylic acid groups (broad SMARTS) is 1. The highest BCUT2D eigenvalue weighted by molar-refractivity contribution is 8.03. The maximum absolute atomic E-state index is 11.2. The Balaban J connectivity index is 3.67. The molecular weight excluding hydrogens is 250 g/mol. The summed E-state index contributed by atoms with van der Waals surface area (Å²) in [6, 6.07) is 1.69. The third kappa shape index (κ3) is 2.59. The van der Waals surface area contributed by atoms with Crippen molar-refractivity contribution >= 4 is 17.7 Å². The Morgan fingerprint density at radius 3 is 2.39 bits per heavy atom. The first-order valence-corrected chi connectivity index (χ1v) is 6.18. The van der Waals surface area contributed by atoms with Crippen molar-refractivity contribution in [3.05, 3.63) is 22.8 Å². The van der Waals surface area contributed by atoms with Gasteiger partial charge >= 0.3 is 5.97 Å². The molecule has 96 valence electrons. The van der Waals surface area contributed by atoms with E-state index in [9.17, 15) is 15.0 Å². The number of aromatic carboxylic acids is 1. The fourth-order valence-electron chi connectivity index (χ4n) is 1.73. The van der Waals surface area contributed by atoms with Gasteiger partial charge in [0.25, 0.3) is 0 Å². The zero-order chi connectivity index (χ0) is 14.1. The maximum atomic E-state index is 11.2. The fraction of sp³-hybridized carbons (Fsp3) is 0.385. The number of nitriles is 1. The lowest BCUT2D eigenvalue weighted by Gasteiger charge is -2.23. The van der Waals surface area contributed by atoms with Crippen LogP contribution in [0.3, 0.4) is 0 Å². The summed E-state index contributed by atoms with van der Waals surface area (Å²) in [6.45, 7) is 7.23. The molecule has 0 heterocycles. The SMILES string of the molecule is Cc1c(SC#N)cc(C(C)(C)C)c(O)c1C(=O)O. The number of thioether (sulfide) groups is 1. The predicted octanol–water partition coefficient (Wildman–Crippen LogP) is 3.27. The number of carbonyl (C=O) groups is 1. The normalized spacial score (nSPS) is 11.1. The summed E-state index contributed by atoms with van der Waals surface area (Å²) in [5.41, 5.74) is 0.426. The van der Waals surface area contributed by atoms with Gasteiger partial charge in [-0.05, 0) is 35.7 Å². The van der Waals surface area contributed by atoms with Gasteiger partial charge in [0.1, 0.15) is 16.7 Å². The first-order chi connectivity index (χ1) is 8.20. The van der Waals surface area contributed by atoms with Crippen LogP contribution >= 0.6 is 11.8 Å². The van der Waals surface area contributed by atoms with Gasteiger partial charge in [0, 0.05) is 10.5 Å². The molecule has 5 heteroatoms. The van der Waals surface area contributed by atoms with Crippen molar-refractivity contribution in [3.8, 4) is 11.2 Å². The van der Waals surface area contributed by atoms with Crippen molar-refractivity contribution in [3.63, 3.8) is 0 Å². The zero-order valence-corrected chi connectivity index (χ0v) is 11.6. The topological polar surface area (TPSA) is 81.3 Å². The molecule has 18 heavy (non-hydrogen) atoms. The molecule has 0 radical (unpaired) electrons.